The van der Waals surface area contributed by atoms with Crippen LogP contribution in [-0.4, -0.2) is 11.7 Å². The van der Waals surface area contributed by atoms with E-state index in [4.69, 9.17) is 9.98 Å². The zero-order chi connectivity index (χ0) is 39.6. The summed E-state index contributed by atoms with van der Waals surface area (Å²) in [6, 6.07) is 76.8. The van der Waals surface area contributed by atoms with Crippen molar-refractivity contribution in [2.75, 3.05) is 0 Å². The summed E-state index contributed by atoms with van der Waals surface area (Å²) in [5, 5.41) is 8.82. The van der Waals surface area contributed by atoms with Crippen molar-refractivity contribution in [2.24, 2.45) is 9.98 Å². The highest BCUT2D eigenvalue weighted by Gasteiger charge is 2.46. The SMILES string of the molecule is c1ccc(C2=NC(c3ccc4c(c3)C(c3ccccc3)(c3ccccc3)c3ccccc3-4)=NC(c3cc4ccccc4c4c3sc3c(-c5ccccc5)cccc34)N2)cc1. The Morgan fingerprint density at radius 1 is 0.450 bits per heavy atom. The number of thiophene rings is 1. The maximum absolute atomic E-state index is 5.60. The first-order valence-electron chi connectivity index (χ1n) is 20.5. The van der Waals surface area contributed by atoms with Crippen LogP contribution in [0.2, 0.25) is 0 Å². The van der Waals surface area contributed by atoms with Gasteiger partial charge in [-0.15, -0.1) is 11.3 Å². The molecule has 0 fully saturated rings. The maximum atomic E-state index is 5.60. The number of hydrogen-bond acceptors (Lipinski definition) is 4. The van der Waals surface area contributed by atoms with Crippen molar-refractivity contribution in [1.82, 2.24) is 5.32 Å². The molecule has 1 aliphatic carbocycles. The molecule has 1 aromatic heterocycles. The second-order valence-corrected chi connectivity index (χ2v) is 16.7. The lowest BCUT2D eigenvalue weighted by Gasteiger charge is -2.34. The molecule has 10 aromatic rings. The Bertz CT molecular complexity index is 3290. The fraction of sp³-hybridized carbons (Fsp3) is 0.0357. The van der Waals surface area contributed by atoms with Gasteiger partial charge in [0, 0.05) is 36.9 Å². The van der Waals surface area contributed by atoms with E-state index in [-0.39, 0.29) is 0 Å². The number of nitrogens with one attached hydrogen (secondary N) is 1. The highest BCUT2D eigenvalue weighted by molar-refractivity contribution is 7.26. The summed E-state index contributed by atoms with van der Waals surface area (Å²) in [4.78, 5) is 11.0. The summed E-state index contributed by atoms with van der Waals surface area (Å²) in [6.07, 6.45) is -0.397. The molecular formula is C56H37N3S. The maximum Gasteiger partial charge on any atom is 0.159 e. The lowest BCUT2D eigenvalue weighted by molar-refractivity contribution is 0.681. The van der Waals surface area contributed by atoms with E-state index in [0.717, 1.165) is 22.5 Å². The number of fused-ring (bicyclic) bond motifs is 8. The van der Waals surface area contributed by atoms with Crippen LogP contribution in [0.4, 0.5) is 0 Å². The quantitative estimate of drug-likeness (QED) is 0.179. The van der Waals surface area contributed by atoms with Crippen molar-refractivity contribution in [3.8, 4) is 22.3 Å². The fourth-order valence-corrected chi connectivity index (χ4v) is 11.2. The molecule has 3 nitrogen and oxygen atoms in total. The van der Waals surface area contributed by atoms with E-state index in [0.29, 0.717) is 5.84 Å². The molecular weight excluding hydrogens is 747 g/mol. The van der Waals surface area contributed by atoms with Gasteiger partial charge in [-0.3, -0.25) is 0 Å². The van der Waals surface area contributed by atoms with E-state index in [1.165, 1.54) is 75.5 Å². The molecule has 2 heterocycles. The van der Waals surface area contributed by atoms with E-state index in [2.05, 4.69) is 218 Å². The lowest BCUT2D eigenvalue weighted by Crippen LogP contribution is -2.33. The van der Waals surface area contributed by atoms with Crippen molar-refractivity contribution >= 4 is 54.0 Å². The highest BCUT2D eigenvalue weighted by Crippen LogP contribution is 2.56. The van der Waals surface area contributed by atoms with Crippen molar-refractivity contribution in [2.45, 2.75) is 11.6 Å². The summed E-state index contributed by atoms with van der Waals surface area (Å²) < 4.78 is 2.52. The van der Waals surface area contributed by atoms with Gasteiger partial charge in [-0.05, 0) is 67.4 Å². The summed E-state index contributed by atoms with van der Waals surface area (Å²) in [6.45, 7) is 0. The Balaban J connectivity index is 1.10. The smallest absolute Gasteiger partial charge is 0.159 e. The lowest BCUT2D eigenvalue weighted by atomic mass is 9.67. The predicted molar refractivity (Wildman–Crippen MR) is 251 cm³/mol. The topological polar surface area (TPSA) is 36.8 Å². The Labute approximate surface area is 352 Å². The highest BCUT2D eigenvalue weighted by atomic mass is 32.1. The first-order valence-corrected chi connectivity index (χ1v) is 21.3. The third-order valence-electron chi connectivity index (χ3n) is 12.4. The molecule has 0 bridgehead atoms. The molecule has 9 aromatic carbocycles. The number of nitrogens with zero attached hydrogens (tertiary/aromatic N) is 2. The van der Waals surface area contributed by atoms with Crippen LogP contribution in [0.3, 0.4) is 0 Å². The molecule has 60 heavy (non-hydrogen) atoms. The van der Waals surface area contributed by atoms with E-state index in [1.54, 1.807) is 0 Å². The van der Waals surface area contributed by atoms with E-state index >= 15 is 0 Å². The van der Waals surface area contributed by atoms with E-state index in [1.807, 2.05) is 11.3 Å². The standard InChI is InChI=1S/C56H37N3S/c1-5-18-36(19-6-1)43-29-17-30-46-50-42-27-14-13-22-38(42)34-47(52(50)60-51(43)46)55-58-53(37-20-7-2-8-21-37)57-54(59-55)39-32-33-45-44-28-15-16-31-48(44)56(49(45)35-39,40-23-9-3-10-24-40)41-25-11-4-12-26-41/h1-35,55H,(H,57,58,59). The average Bonchev–Trinajstić information content (AvgIpc) is 3.87. The van der Waals surface area contributed by atoms with Crippen LogP contribution in [-0.2, 0) is 5.41 Å². The van der Waals surface area contributed by atoms with Crippen LogP contribution in [0.25, 0.3) is 53.2 Å². The zero-order valence-electron chi connectivity index (χ0n) is 32.6. The van der Waals surface area contributed by atoms with Gasteiger partial charge in [0.1, 0.15) is 12.0 Å². The Kier molecular flexibility index (Phi) is 8.00. The Morgan fingerprint density at radius 2 is 1.05 bits per heavy atom. The monoisotopic (exact) mass is 783 g/mol. The van der Waals surface area contributed by atoms with E-state index < -0.39 is 11.6 Å². The molecule has 282 valence electrons. The second-order valence-electron chi connectivity index (χ2n) is 15.7. The number of amidine groups is 2. The third kappa shape index (κ3) is 5.28. The molecule has 4 heteroatoms. The van der Waals surface area contributed by atoms with Crippen LogP contribution < -0.4 is 5.32 Å². The summed E-state index contributed by atoms with van der Waals surface area (Å²) in [5.74, 6) is 1.51. The van der Waals surface area contributed by atoms with Gasteiger partial charge in [-0.1, -0.05) is 200 Å². The van der Waals surface area contributed by atoms with Gasteiger partial charge < -0.3 is 5.32 Å². The third-order valence-corrected chi connectivity index (χ3v) is 13.7. The summed E-state index contributed by atoms with van der Waals surface area (Å²) in [5.41, 5.74) is 12.6. The average molecular weight is 784 g/mol. The van der Waals surface area contributed by atoms with Gasteiger partial charge in [0.25, 0.3) is 0 Å². The van der Waals surface area contributed by atoms with Crippen molar-refractivity contribution in [1.29, 1.82) is 0 Å². The van der Waals surface area contributed by atoms with Gasteiger partial charge in [-0.2, -0.15) is 0 Å². The van der Waals surface area contributed by atoms with Gasteiger partial charge in [0.05, 0.1) is 5.41 Å². The zero-order valence-corrected chi connectivity index (χ0v) is 33.4. The first-order chi connectivity index (χ1) is 29.8. The molecule has 0 saturated carbocycles. The number of aliphatic imine (C=N–C) groups is 2. The predicted octanol–water partition coefficient (Wildman–Crippen LogP) is 13.7. The first kappa shape index (κ1) is 34.6. The molecule has 0 saturated heterocycles. The van der Waals surface area contributed by atoms with Crippen LogP contribution in [0.1, 0.15) is 45.1 Å². The molecule has 1 aliphatic heterocycles. The minimum absolute atomic E-state index is 0.397. The molecule has 0 radical (unpaired) electrons. The van der Waals surface area contributed by atoms with Crippen LogP contribution in [0.5, 0.6) is 0 Å². The van der Waals surface area contributed by atoms with Crippen LogP contribution in [0.15, 0.2) is 222 Å². The Morgan fingerprint density at radius 3 is 1.80 bits per heavy atom. The van der Waals surface area contributed by atoms with Crippen molar-refractivity contribution in [3.63, 3.8) is 0 Å². The molecule has 12 rings (SSSR count). The molecule has 1 N–H and O–H groups in total. The van der Waals surface area contributed by atoms with Crippen LogP contribution in [0, 0.1) is 0 Å². The fourth-order valence-electron chi connectivity index (χ4n) is 9.79. The molecule has 1 atom stereocenters. The van der Waals surface area contributed by atoms with Crippen LogP contribution >= 0.6 is 11.3 Å². The number of benzene rings is 9. The number of hydrogen-bond donors (Lipinski definition) is 1. The Hall–Kier alpha value is -7.40. The summed E-state index contributed by atoms with van der Waals surface area (Å²) in [7, 11) is 0. The van der Waals surface area contributed by atoms with Crippen molar-refractivity contribution < 1.29 is 0 Å². The molecule has 2 aliphatic rings. The normalized spacial score (nSPS) is 15.3. The van der Waals surface area contributed by atoms with Gasteiger partial charge in [0.15, 0.2) is 5.84 Å². The molecule has 1 unspecified atom stereocenters. The molecule has 0 amide bonds. The minimum atomic E-state index is -0.526. The summed E-state index contributed by atoms with van der Waals surface area (Å²) >= 11 is 1.87. The van der Waals surface area contributed by atoms with Gasteiger partial charge in [-0.25, -0.2) is 9.98 Å². The van der Waals surface area contributed by atoms with Gasteiger partial charge >= 0.3 is 0 Å². The minimum Gasteiger partial charge on any atom is -0.344 e. The second kappa shape index (κ2) is 13.9. The largest absolute Gasteiger partial charge is 0.344 e. The molecule has 0 spiro atoms. The van der Waals surface area contributed by atoms with Gasteiger partial charge in [0.2, 0.25) is 0 Å². The van der Waals surface area contributed by atoms with Crippen molar-refractivity contribution in [3.05, 3.63) is 251 Å². The van der Waals surface area contributed by atoms with E-state index in [9.17, 15) is 0 Å². The number of rotatable bonds is 6.